The Morgan fingerprint density at radius 3 is 2.50 bits per heavy atom. The first-order valence-corrected chi connectivity index (χ1v) is 5.36. The first kappa shape index (κ1) is 8.55. The van der Waals surface area contributed by atoms with E-state index in [0.717, 1.165) is 30.1 Å². The molecule has 0 amide bonds. The van der Waals surface area contributed by atoms with Gasteiger partial charge in [0.15, 0.2) is 0 Å². The van der Waals surface area contributed by atoms with Crippen LogP contribution in [-0.2, 0) is 0 Å². The number of rotatable bonds is 2. The maximum Gasteiger partial charge on any atom is 0.0515 e. The molecule has 2 fully saturated rings. The average Bonchev–Trinajstić information content (AvgIpc) is 2.53. The normalized spacial score (nSPS) is 48.2. The van der Waals surface area contributed by atoms with Gasteiger partial charge in [-0.25, -0.2) is 0 Å². The summed E-state index contributed by atoms with van der Waals surface area (Å²) >= 11 is 0. The van der Waals surface area contributed by atoms with E-state index >= 15 is 0 Å². The zero-order chi connectivity index (χ0) is 8.72. The summed E-state index contributed by atoms with van der Waals surface area (Å²) in [7, 11) is 0. The summed E-state index contributed by atoms with van der Waals surface area (Å²) in [5.74, 6) is 3.68. The van der Waals surface area contributed by atoms with Gasteiger partial charge in [0.05, 0.1) is 6.10 Å². The van der Waals surface area contributed by atoms with Crippen LogP contribution in [0, 0.1) is 23.7 Å². The van der Waals surface area contributed by atoms with E-state index in [1.807, 2.05) is 6.92 Å². The lowest BCUT2D eigenvalue weighted by molar-refractivity contribution is 0.117. The molecular formula is C11H20O. The minimum Gasteiger partial charge on any atom is -0.393 e. The van der Waals surface area contributed by atoms with Crippen molar-refractivity contribution in [2.75, 3.05) is 0 Å². The molecule has 0 spiro atoms. The molecule has 2 bridgehead atoms. The topological polar surface area (TPSA) is 20.2 Å². The van der Waals surface area contributed by atoms with Crippen molar-refractivity contribution in [2.45, 2.75) is 45.6 Å². The molecule has 0 radical (unpaired) electrons. The fraction of sp³-hybridized carbons (Fsp3) is 1.00. The van der Waals surface area contributed by atoms with Crippen LogP contribution >= 0.6 is 0 Å². The Balaban J connectivity index is 1.98. The Morgan fingerprint density at radius 1 is 1.33 bits per heavy atom. The quantitative estimate of drug-likeness (QED) is 0.671. The predicted octanol–water partition coefficient (Wildman–Crippen LogP) is 2.44. The highest BCUT2D eigenvalue weighted by atomic mass is 16.3. The van der Waals surface area contributed by atoms with E-state index in [0.29, 0.717) is 0 Å². The van der Waals surface area contributed by atoms with Gasteiger partial charge in [-0.3, -0.25) is 0 Å². The van der Waals surface area contributed by atoms with Crippen LogP contribution in [0.25, 0.3) is 0 Å². The molecule has 1 heteroatoms. The second kappa shape index (κ2) is 3.02. The summed E-state index contributed by atoms with van der Waals surface area (Å²) in [6.45, 7) is 4.32. The highest BCUT2D eigenvalue weighted by Gasteiger charge is 2.44. The number of hydrogen-bond donors (Lipinski definition) is 1. The molecule has 5 unspecified atom stereocenters. The molecule has 0 heterocycles. The molecule has 1 nitrogen and oxygen atoms in total. The van der Waals surface area contributed by atoms with Crippen LogP contribution in [0.15, 0.2) is 0 Å². The van der Waals surface area contributed by atoms with E-state index in [9.17, 15) is 5.11 Å². The highest BCUT2D eigenvalue weighted by Crippen LogP contribution is 2.53. The van der Waals surface area contributed by atoms with E-state index < -0.39 is 0 Å². The average molecular weight is 168 g/mol. The van der Waals surface area contributed by atoms with Crippen molar-refractivity contribution in [3.05, 3.63) is 0 Å². The summed E-state index contributed by atoms with van der Waals surface area (Å²) in [5, 5.41) is 9.36. The molecule has 0 aromatic carbocycles. The molecular weight excluding hydrogens is 148 g/mol. The van der Waals surface area contributed by atoms with Crippen molar-refractivity contribution in [1.29, 1.82) is 0 Å². The summed E-state index contributed by atoms with van der Waals surface area (Å²) in [4.78, 5) is 0. The van der Waals surface area contributed by atoms with Gasteiger partial charge in [-0.15, -0.1) is 0 Å². The Hall–Kier alpha value is -0.0400. The Labute approximate surface area is 75.2 Å². The molecule has 0 aromatic heterocycles. The maximum absolute atomic E-state index is 9.36. The minimum atomic E-state index is -0.0863. The summed E-state index contributed by atoms with van der Waals surface area (Å²) in [5.41, 5.74) is 0. The summed E-state index contributed by atoms with van der Waals surface area (Å²) < 4.78 is 0. The monoisotopic (exact) mass is 168 g/mol. The molecule has 0 aromatic rings. The third-order valence-electron chi connectivity index (χ3n) is 4.15. The van der Waals surface area contributed by atoms with Gasteiger partial charge in [0, 0.05) is 0 Å². The summed E-state index contributed by atoms with van der Waals surface area (Å²) in [6, 6.07) is 0. The van der Waals surface area contributed by atoms with E-state index in [2.05, 4.69) is 6.92 Å². The molecule has 2 aliphatic rings. The van der Waals surface area contributed by atoms with Gasteiger partial charge in [0.1, 0.15) is 0 Å². The van der Waals surface area contributed by atoms with Crippen molar-refractivity contribution in [1.82, 2.24) is 0 Å². The lowest BCUT2D eigenvalue weighted by Crippen LogP contribution is -2.23. The number of aliphatic hydroxyl groups excluding tert-OH is 1. The third kappa shape index (κ3) is 1.28. The van der Waals surface area contributed by atoms with Gasteiger partial charge in [-0.05, 0) is 56.3 Å². The Kier molecular flexibility index (Phi) is 2.16. The molecule has 0 aliphatic heterocycles. The fourth-order valence-corrected chi connectivity index (χ4v) is 3.50. The second-order valence-corrected chi connectivity index (χ2v) is 4.94. The molecule has 0 saturated heterocycles. The highest BCUT2D eigenvalue weighted by molar-refractivity contribution is 4.94. The SMILES string of the molecule is CC(O)CC1C2CCC(C2)C1C. The largest absolute Gasteiger partial charge is 0.393 e. The molecule has 1 N–H and O–H groups in total. The van der Waals surface area contributed by atoms with Crippen LogP contribution in [-0.4, -0.2) is 11.2 Å². The first-order valence-electron chi connectivity index (χ1n) is 5.36. The number of aliphatic hydroxyl groups is 1. The standard InChI is InChI=1S/C11H20O/c1-7(12)5-11-8(2)9-3-4-10(11)6-9/h7-12H,3-6H2,1-2H3. The Bertz CT molecular complexity index is 162. The van der Waals surface area contributed by atoms with Crippen LogP contribution in [0.4, 0.5) is 0 Å². The van der Waals surface area contributed by atoms with E-state index in [1.165, 1.54) is 19.3 Å². The van der Waals surface area contributed by atoms with Gasteiger partial charge in [-0.1, -0.05) is 6.92 Å². The lowest BCUT2D eigenvalue weighted by Gasteiger charge is -2.29. The Morgan fingerprint density at radius 2 is 2.00 bits per heavy atom. The van der Waals surface area contributed by atoms with Crippen LogP contribution in [0.2, 0.25) is 0 Å². The van der Waals surface area contributed by atoms with Gasteiger partial charge < -0.3 is 5.11 Å². The fourth-order valence-electron chi connectivity index (χ4n) is 3.50. The van der Waals surface area contributed by atoms with Crippen molar-refractivity contribution in [2.24, 2.45) is 23.7 Å². The van der Waals surface area contributed by atoms with Crippen LogP contribution in [0.5, 0.6) is 0 Å². The second-order valence-electron chi connectivity index (χ2n) is 4.94. The van der Waals surface area contributed by atoms with E-state index in [-0.39, 0.29) is 6.10 Å². The van der Waals surface area contributed by atoms with Gasteiger partial charge in [0.25, 0.3) is 0 Å². The van der Waals surface area contributed by atoms with Crippen molar-refractivity contribution < 1.29 is 5.11 Å². The van der Waals surface area contributed by atoms with E-state index in [4.69, 9.17) is 0 Å². The van der Waals surface area contributed by atoms with Crippen molar-refractivity contribution in [3.63, 3.8) is 0 Å². The zero-order valence-electron chi connectivity index (χ0n) is 8.16. The zero-order valence-corrected chi connectivity index (χ0v) is 8.16. The molecule has 70 valence electrons. The van der Waals surface area contributed by atoms with Crippen LogP contribution < -0.4 is 0 Å². The van der Waals surface area contributed by atoms with Crippen LogP contribution in [0.1, 0.15) is 39.5 Å². The molecule has 2 saturated carbocycles. The lowest BCUT2D eigenvalue weighted by atomic mass is 9.78. The van der Waals surface area contributed by atoms with Crippen molar-refractivity contribution in [3.8, 4) is 0 Å². The van der Waals surface area contributed by atoms with Crippen molar-refractivity contribution >= 4 is 0 Å². The third-order valence-corrected chi connectivity index (χ3v) is 4.15. The van der Waals surface area contributed by atoms with Gasteiger partial charge >= 0.3 is 0 Å². The molecule has 12 heavy (non-hydrogen) atoms. The van der Waals surface area contributed by atoms with E-state index in [1.54, 1.807) is 0 Å². The predicted molar refractivity (Wildman–Crippen MR) is 49.8 cm³/mol. The number of fused-ring (bicyclic) bond motifs is 2. The first-order chi connectivity index (χ1) is 5.68. The molecule has 2 aliphatic carbocycles. The molecule has 2 rings (SSSR count). The molecule has 5 atom stereocenters. The maximum atomic E-state index is 9.36. The smallest absolute Gasteiger partial charge is 0.0515 e. The van der Waals surface area contributed by atoms with Crippen LogP contribution in [0.3, 0.4) is 0 Å². The van der Waals surface area contributed by atoms with Gasteiger partial charge in [0.2, 0.25) is 0 Å². The number of hydrogen-bond acceptors (Lipinski definition) is 1. The van der Waals surface area contributed by atoms with Gasteiger partial charge in [-0.2, -0.15) is 0 Å². The minimum absolute atomic E-state index is 0.0863. The summed E-state index contributed by atoms with van der Waals surface area (Å²) in [6.07, 6.45) is 5.31.